The molecule has 0 saturated heterocycles. The van der Waals surface area contributed by atoms with E-state index in [2.05, 4.69) is 51.0 Å². The number of nitrogens with zero attached hydrogens (tertiary/aromatic N) is 5. The average molecular weight is 272 g/mol. The third-order valence-electron chi connectivity index (χ3n) is 3.71. The highest BCUT2D eigenvalue weighted by atomic mass is 15.3. The molecule has 0 aromatic carbocycles. The van der Waals surface area contributed by atoms with E-state index in [-0.39, 0.29) is 0 Å². The van der Waals surface area contributed by atoms with Crippen LogP contribution in [-0.4, -0.2) is 32.8 Å². The molecule has 2 aromatic heterocycles. The molecular formula is C14H20N6. The van der Waals surface area contributed by atoms with Gasteiger partial charge in [-0.3, -0.25) is 0 Å². The Morgan fingerprint density at radius 3 is 3.00 bits per heavy atom. The van der Waals surface area contributed by atoms with Gasteiger partial charge < -0.3 is 14.8 Å². The average Bonchev–Trinajstić information content (AvgIpc) is 2.93. The second-order valence-corrected chi connectivity index (χ2v) is 5.06. The third-order valence-corrected chi connectivity index (χ3v) is 3.71. The van der Waals surface area contributed by atoms with Crippen LogP contribution in [0.3, 0.4) is 0 Å². The van der Waals surface area contributed by atoms with Crippen molar-refractivity contribution in [1.29, 1.82) is 0 Å². The largest absolute Gasteiger partial charge is 0.347 e. The molecule has 1 aliphatic rings. The van der Waals surface area contributed by atoms with Crippen LogP contribution in [0.5, 0.6) is 0 Å². The van der Waals surface area contributed by atoms with Crippen molar-refractivity contribution in [1.82, 2.24) is 25.1 Å². The first-order valence-electron chi connectivity index (χ1n) is 7.07. The molecule has 0 aliphatic carbocycles. The number of pyridine rings is 1. The summed E-state index contributed by atoms with van der Waals surface area (Å²) in [4.78, 5) is 6.99. The lowest BCUT2D eigenvalue weighted by Crippen LogP contribution is -2.34. The molecule has 0 fully saturated rings. The summed E-state index contributed by atoms with van der Waals surface area (Å²) in [6.07, 6.45) is 1.80. The monoisotopic (exact) mass is 272 g/mol. The molecule has 0 bridgehead atoms. The van der Waals surface area contributed by atoms with Crippen LogP contribution in [0.25, 0.3) is 0 Å². The van der Waals surface area contributed by atoms with Gasteiger partial charge in [0, 0.05) is 25.3 Å². The molecule has 0 radical (unpaired) electrons. The minimum Gasteiger partial charge on any atom is -0.347 e. The van der Waals surface area contributed by atoms with E-state index in [4.69, 9.17) is 4.98 Å². The van der Waals surface area contributed by atoms with Gasteiger partial charge >= 0.3 is 0 Å². The van der Waals surface area contributed by atoms with Crippen LogP contribution in [0.1, 0.15) is 24.0 Å². The number of aromatic nitrogens is 4. The fraction of sp³-hybridized carbons (Fsp3) is 0.500. The summed E-state index contributed by atoms with van der Waals surface area (Å²) in [6, 6.07) is 4.27. The predicted octanol–water partition coefficient (Wildman–Crippen LogP) is 1.11. The number of hydrogen-bond acceptors (Lipinski definition) is 5. The normalized spacial score (nSPS) is 14.4. The van der Waals surface area contributed by atoms with E-state index < -0.39 is 0 Å². The number of aryl methyl sites for hydroxylation is 1. The van der Waals surface area contributed by atoms with Gasteiger partial charge in [0.1, 0.15) is 12.1 Å². The number of fused-ring (bicyclic) bond motifs is 1. The lowest BCUT2D eigenvalue weighted by molar-refractivity contribution is 0.555. The molecular weight excluding hydrogens is 252 g/mol. The second-order valence-electron chi connectivity index (χ2n) is 5.06. The lowest BCUT2D eigenvalue weighted by Gasteiger charge is -2.28. The highest BCUT2D eigenvalue weighted by Gasteiger charge is 2.18. The van der Waals surface area contributed by atoms with Crippen molar-refractivity contribution in [2.24, 2.45) is 0 Å². The summed E-state index contributed by atoms with van der Waals surface area (Å²) in [7, 11) is 0. The molecule has 106 valence electrons. The van der Waals surface area contributed by atoms with E-state index >= 15 is 0 Å². The van der Waals surface area contributed by atoms with Crippen LogP contribution in [0.15, 0.2) is 18.5 Å². The van der Waals surface area contributed by atoms with Gasteiger partial charge in [-0.1, -0.05) is 13.0 Å². The Kier molecular flexibility index (Phi) is 3.64. The van der Waals surface area contributed by atoms with Crippen LogP contribution < -0.4 is 10.2 Å². The highest BCUT2D eigenvalue weighted by Crippen LogP contribution is 2.19. The molecule has 0 amide bonds. The van der Waals surface area contributed by atoms with Crippen molar-refractivity contribution in [2.75, 3.05) is 18.0 Å². The molecule has 3 rings (SSSR count). The molecule has 0 atom stereocenters. The molecule has 6 nitrogen and oxygen atoms in total. The summed E-state index contributed by atoms with van der Waals surface area (Å²) in [6.45, 7) is 8.68. The zero-order valence-corrected chi connectivity index (χ0v) is 12.0. The van der Waals surface area contributed by atoms with Crippen LogP contribution in [0, 0.1) is 6.92 Å². The number of anilines is 1. The SMILES string of the molecule is CCNCc1ccc(N2CCn3cnnc3C2)nc1C. The number of rotatable bonds is 4. The van der Waals surface area contributed by atoms with Gasteiger partial charge in [-0.15, -0.1) is 10.2 Å². The van der Waals surface area contributed by atoms with E-state index in [0.29, 0.717) is 0 Å². The summed E-state index contributed by atoms with van der Waals surface area (Å²) in [5.41, 5.74) is 2.35. The van der Waals surface area contributed by atoms with Crippen molar-refractivity contribution in [3.63, 3.8) is 0 Å². The molecule has 2 aromatic rings. The molecule has 6 heteroatoms. The topological polar surface area (TPSA) is 58.9 Å². The van der Waals surface area contributed by atoms with E-state index in [1.807, 2.05) is 0 Å². The summed E-state index contributed by atoms with van der Waals surface area (Å²) < 4.78 is 2.10. The number of nitrogens with one attached hydrogen (secondary N) is 1. The van der Waals surface area contributed by atoms with Gasteiger partial charge in [0.15, 0.2) is 5.82 Å². The first-order chi connectivity index (χ1) is 9.78. The first-order valence-corrected chi connectivity index (χ1v) is 7.07. The molecule has 0 saturated carbocycles. The first kappa shape index (κ1) is 13.1. The fourth-order valence-corrected chi connectivity index (χ4v) is 2.46. The van der Waals surface area contributed by atoms with Crippen molar-refractivity contribution >= 4 is 5.82 Å². The van der Waals surface area contributed by atoms with Crippen LogP contribution in [-0.2, 0) is 19.6 Å². The molecule has 0 unspecified atom stereocenters. The van der Waals surface area contributed by atoms with Crippen molar-refractivity contribution in [3.8, 4) is 0 Å². The summed E-state index contributed by atoms with van der Waals surface area (Å²) >= 11 is 0. The zero-order chi connectivity index (χ0) is 13.9. The van der Waals surface area contributed by atoms with Crippen LogP contribution in [0.2, 0.25) is 0 Å². The van der Waals surface area contributed by atoms with E-state index in [1.54, 1.807) is 6.33 Å². The van der Waals surface area contributed by atoms with E-state index in [1.165, 1.54) is 5.56 Å². The Bertz CT molecular complexity index is 591. The summed E-state index contributed by atoms with van der Waals surface area (Å²) in [5.74, 6) is 2.03. The van der Waals surface area contributed by atoms with E-state index in [9.17, 15) is 0 Å². The Morgan fingerprint density at radius 1 is 1.30 bits per heavy atom. The third kappa shape index (κ3) is 2.51. The minimum atomic E-state index is 0.777. The Morgan fingerprint density at radius 2 is 2.20 bits per heavy atom. The summed E-state index contributed by atoms with van der Waals surface area (Å²) in [5, 5.41) is 11.4. The second kappa shape index (κ2) is 5.58. The van der Waals surface area contributed by atoms with Crippen molar-refractivity contribution < 1.29 is 0 Å². The van der Waals surface area contributed by atoms with Crippen LogP contribution in [0.4, 0.5) is 5.82 Å². The van der Waals surface area contributed by atoms with E-state index in [0.717, 1.165) is 50.1 Å². The smallest absolute Gasteiger partial charge is 0.152 e. The Balaban J connectivity index is 1.76. The predicted molar refractivity (Wildman–Crippen MR) is 77.4 cm³/mol. The zero-order valence-electron chi connectivity index (χ0n) is 12.0. The quantitative estimate of drug-likeness (QED) is 0.903. The van der Waals surface area contributed by atoms with Gasteiger partial charge in [-0.05, 0) is 25.1 Å². The molecule has 3 heterocycles. The van der Waals surface area contributed by atoms with Crippen molar-refractivity contribution in [2.45, 2.75) is 33.5 Å². The lowest BCUT2D eigenvalue weighted by atomic mass is 10.2. The Hall–Kier alpha value is -1.95. The molecule has 1 N–H and O–H groups in total. The van der Waals surface area contributed by atoms with Gasteiger partial charge in [-0.2, -0.15) is 0 Å². The van der Waals surface area contributed by atoms with Gasteiger partial charge in [0.25, 0.3) is 0 Å². The standard InChI is InChI=1S/C14H20N6/c1-3-15-8-12-4-5-13(17-11(12)2)19-6-7-20-10-16-18-14(20)9-19/h4-5,10,15H,3,6-9H2,1-2H3. The fourth-order valence-electron chi connectivity index (χ4n) is 2.46. The maximum Gasteiger partial charge on any atom is 0.152 e. The maximum absolute atomic E-state index is 4.74. The molecule has 0 spiro atoms. The van der Waals surface area contributed by atoms with Gasteiger partial charge in [0.05, 0.1) is 6.54 Å². The molecule has 20 heavy (non-hydrogen) atoms. The molecule has 1 aliphatic heterocycles. The minimum absolute atomic E-state index is 0.777. The van der Waals surface area contributed by atoms with Crippen LogP contribution >= 0.6 is 0 Å². The van der Waals surface area contributed by atoms with Gasteiger partial charge in [-0.25, -0.2) is 4.98 Å². The van der Waals surface area contributed by atoms with Crippen molar-refractivity contribution in [3.05, 3.63) is 35.5 Å². The maximum atomic E-state index is 4.74. The van der Waals surface area contributed by atoms with Gasteiger partial charge in [0.2, 0.25) is 0 Å². The Labute approximate surface area is 118 Å². The highest BCUT2D eigenvalue weighted by molar-refractivity contribution is 5.42. The number of hydrogen-bond donors (Lipinski definition) is 1.